The minimum atomic E-state index is -0.251. The number of aromatic nitrogens is 1. The molecule has 0 bridgehead atoms. The Bertz CT molecular complexity index is 465. The van der Waals surface area contributed by atoms with E-state index >= 15 is 0 Å². The van der Waals surface area contributed by atoms with Gasteiger partial charge in [0.25, 0.3) is 5.91 Å². The molecule has 1 aromatic rings. The second-order valence-corrected chi connectivity index (χ2v) is 4.41. The van der Waals surface area contributed by atoms with E-state index in [0.29, 0.717) is 17.1 Å². The Balaban J connectivity index is 2.88. The third kappa shape index (κ3) is 4.05. The average molecular weight is 265 g/mol. The van der Waals surface area contributed by atoms with Crippen LogP contribution in [0, 0.1) is 12.3 Å². The van der Waals surface area contributed by atoms with E-state index in [9.17, 15) is 4.79 Å². The van der Waals surface area contributed by atoms with E-state index in [1.54, 1.807) is 12.1 Å². The van der Waals surface area contributed by atoms with Crippen LogP contribution < -0.4 is 5.32 Å². The lowest BCUT2D eigenvalue weighted by molar-refractivity contribution is 0.0945. The van der Waals surface area contributed by atoms with Crippen molar-refractivity contribution < 1.29 is 4.79 Å². The van der Waals surface area contributed by atoms with Crippen LogP contribution in [-0.2, 0) is 6.42 Å². The highest BCUT2D eigenvalue weighted by Crippen LogP contribution is 2.12. The Morgan fingerprint density at radius 3 is 2.83 bits per heavy atom. The van der Waals surface area contributed by atoms with E-state index in [1.165, 1.54) is 0 Å². The minimum absolute atomic E-state index is 0.207. The zero-order valence-corrected chi connectivity index (χ0v) is 11.4. The number of hydrogen-bond acceptors (Lipinski definition) is 2. The Labute approximate surface area is 113 Å². The molecule has 0 fully saturated rings. The summed E-state index contributed by atoms with van der Waals surface area (Å²) in [5.41, 5.74) is 1.33. The maximum absolute atomic E-state index is 12.0. The van der Waals surface area contributed by atoms with Crippen molar-refractivity contribution in [3.8, 4) is 12.3 Å². The fourth-order valence-electron chi connectivity index (χ4n) is 1.57. The van der Waals surface area contributed by atoms with E-state index in [4.69, 9.17) is 18.0 Å². The molecule has 1 unspecified atom stereocenters. The third-order valence-electron chi connectivity index (χ3n) is 2.53. The van der Waals surface area contributed by atoms with Crippen LogP contribution in [-0.4, -0.2) is 16.9 Å². The molecule has 0 aliphatic rings. The predicted octanol–water partition coefficient (Wildman–Crippen LogP) is 2.83. The number of halogens is 1. The Hall–Kier alpha value is -1.53. The molecular weight excluding hydrogens is 248 g/mol. The molecule has 1 N–H and O–H groups in total. The van der Waals surface area contributed by atoms with Gasteiger partial charge in [0.15, 0.2) is 0 Å². The maximum Gasteiger partial charge on any atom is 0.252 e. The monoisotopic (exact) mass is 264 g/mol. The maximum atomic E-state index is 12.0. The average Bonchev–Trinajstić information content (AvgIpc) is 2.35. The first-order valence-corrected chi connectivity index (χ1v) is 6.42. The van der Waals surface area contributed by atoms with Gasteiger partial charge in [-0.25, -0.2) is 4.98 Å². The number of nitrogens with one attached hydrogen (secondary N) is 1. The van der Waals surface area contributed by atoms with Gasteiger partial charge in [0.1, 0.15) is 5.15 Å². The quantitative estimate of drug-likeness (QED) is 0.656. The lowest BCUT2D eigenvalue weighted by Gasteiger charge is -2.11. The lowest BCUT2D eigenvalue weighted by atomic mass is 10.1. The molecule has 0 aliphatic carbocycles. The fraction of sp³-hybridized carbons (Fsp3) is 0.429. The topological polar surface area (TPSA) is 42.0 Å². The van der Waals surface area contributed by atoms with Gasteiger partial charge in [-0.05, 0) is 25.0 Å². The second kappa shape index (κ2) is 7.03. The largest absolute Gasteiger partial charge is 0.338 e. The molecule has 1 atom stereocenters. The summed E-state index contributed by atoms with van der Waals surface area (Å²) in [6.45, 7) is 3.97. The van der Waals surface area contributed by atoms with Crippen LogP contribution >= 0.6 is 11.6 Å². The highest BCUT2D eigenvalue weighted by molar-refractivity contribution is 6.29. The Morgan fingerprint density at radius 1 is 1.56 bits per heavy atom. The van der Waals surface area contributed by atoms with Gasteiger partial charge in [-0.2, -0.15) is 0 Å². The SMILES string of the molecule is C#CC(CC)NC(=O)c1cc(Cl)nc(CCC)c1. The summed E-state index contributed by atoms with van der Waals surface area (Å²) in [5.74, 6) is 2.32. The Kier molecular flexibility index (Phi) is 5.67. The Morgan fingerprint density at radius 2 is 2.28 bits per heavy atom. The zero-order valence-electron chi connectivity index (χ0n) is 10.7. The molecule has 0 aromatic carbocycles. The van der Waals surface area contributed by atoms with Gasteiger partial charge in [0.05, 0.1) is 6.04 Å². The summed E-state index contributed by atoms with van der Waals surface area (Å²) in [5, 5.41) is 3.10. The summed E-state index contributed by atoms with van der Waals surface area (Å²) >= 11 is 5.90. The van der Waals surface area contributed by atoms with E-state index in [-0.39, 0.29) is 11.9 Å². The molecule has 0 saturated heterocycles. The normalized spacial score (nSPS) is 11.7. The molecule has 3 nitrogen and oxygen atoms in total. The van der Waals surface area contributed by atoms with Gasteiger partial charge in [-0.15, -0.1) is 6.42 Å². The van der Waals surface area contributed by atoms with Crippen molar-refractivity contribution in [2.75, 3.05) is 0 Å². The number of pyridine rings is 1. The molecule has 0 aliphatic heterocycles. The summed E-state index contributed by atoms with van der Waals surface area (Å²) in [6.07, 6.45) is 7.76. The zero-order chi connectivity index (χ0) is 13.5. The van der Waals surface area contributed by atoms with Crippen LogP contribution in [0.5, 0.6) is 0 Å². The van der Waals surface area contributed by atoms with Crippen molar-refractivity contribution in [2.24, 2.45) is 0 Å². The molecule has 0 spiro atoms. The first-order valence-electron chi connectivity index (χ1n) is 6.04. The van der Waals surface area contributed by atoms with Crippen LogP contribution in [0.4, 0.5) is 0 Å². The highest BCUT2D eigenvalue weighted by Gasteiger charge is 2.12. The number of carbonyl (C=O) groups excluding carboxylic acids is 1. The standard InChI is InChI=1S/C14H17ClN2O/c1-4-7-12-8-10(9-13(15)16-12)14(18)17-11(5-2)6-3/h2,8-9,11H,4,6-7H2,1,3H3,(H,17,18). The molecule has 18 heavy (non-hydrogen) atoms. The molecule has 1 amide bonds. The van der Waals surface area contributed by atoms with E-state index in [0.717, 1.165) is 18.5 Å². The smallest absolute Gasteiger partial charge is 0.252 e. The molecule has 1 heterocycles. The molecule has 1 aromatic heterocycles. The second-order valence-electron chi connectivity index (χ2n) is 4.02. The van der Waals surface area contributed by atoms with Crippen molar-refractivity contribution in [2.45, 2.75) is 39.2 Å². The third-order valence-corrected chi connectivity index (χ3v) is 2.72. The number of rotatable bonds is 5. The van der Waals surface area contributed by atoms with Crippen molar-refractivity contribution in [1.29, 1.82) is 0 Å². The van der Waals surface area contributed by atoms with Crippen molar-refractivity contribution in [3.05, 3.63) is 28.5 Å². The number of aryl methyl sites for hydroxylation is 1. The molecule has 96 valence electrons. The number of nitrogens with zero attached hydrogens (tertiary/aromatic N) is 1. The van der Waals surface area contributed by atoms with Crippen LogP contribution in [0.15, 0.2) is 12.1 Å². The number of amides is 1. The van der Waals surface area contributed by atoms with Gasteiger partial charge >= 0.3 is 0 Å². The summed E-state index contributed by atoms with van der Waals surface area (Å²) in [4.78, 5) is 16.2. The minimum Gasteiger partial charge on any atom is -0.338 e. The van der Waals surface area contributed by atoms with Gasteiger partial charge < -0.3 is 5.32 Å². The first-order chi connectivity index (χ1) is 8.60. The van der Waals surface area contributed by atoms with Gasteiger partial charge in [0.2, 0.25) is 0 Å². The molecule has 4 heteroatoms. The lowest BCUT2D eigenvalue weighted by Crippen LogP contribution is -2.33. The summed E-state index contributed by atoms with van der Waals surface area (Å²) < 4.78 is 0. The molecule has 1 rings (SSSR count). The van der Waals surface area contributed by atoms with Gasteiger partial charge in [0, 0.05) is 11.3 Å². The molecular formula is C14H17ClN2O. The van der Waals surface area contributed by atoms with Crippen LogP contribution in [0.3, 0.4) is 0 Å². The van der Waals surface area contributed by atoms with Crippen molar-refractivity contribution in [3.63, 3.8) is 0 Å². The summed E-state index contributed by atoms with van der Waals surface area (Å²) in [7, 11) is 0. The fourth-order valence-corrected chi connectivity index (χ4v) is 1.80. The first kappa shape index (κ1) is 14.5. The molecule has 0 radical (unpaired) electrons. The highest BCUT2D eigenvalue weighted by atomic mass is 35.5. The predicted molar refractivity (Wildman–Crippen MR) is 73.6 cm³/mol. The van der Waals surface area contributed by atoms with Crippen LogP contribution in [0.1, 0.15) is 42.7 Å². The molecule has 0 saturated carbocycles. The summed E-state index contributed by atoms with van der Waals surface area (Å²) in [6, 6.07) is 3.06. The van der Waals surface area contributed by atoms with E-state index in [2.05, 4.69) is 16.2 Å². The number of terminal acetylenes is 1. The van der Waals surface area contributed by atoms with Crippen molar-refractivity contribution in [1.82, 2.24) is 10.3 Å². The van der Waals surface area contributed by atoms with E-state index < -0.39 is 0 Å². The van der Waals surface area contributed by atoms with Crippen molar-refractivity contribution >= 4 is 17.5 Å². The van der Waals surface area contributed by atoms with E-state index in [1.807, 2.05) is 13.8 Å². The number of hydrogen-bond donors (Lipinski definition) is 1. The number of carbonyl (C=O) groups is 1. The van der Waals surface area contributed by atoms with Gasteiger partial charge in [-0.3, -0.25) is 4.79 Å². The van der Waals surface area contributed by atoms with Gasteiger partial charge in [-0.1, -0.05) is 37.8 Å². The van der Waals surface area contributed by atoms with Crippen LogP contribution in [0.2, 0.25) is 5.15 Å². The van der Waals surface area contributed by atoms with Crippen LogP contribution in [0.25, 0.3) is 0 Å².